The number of alkyl carbamates (subject to hydrolysis) is 1. The molecule has 1 heterocycles. The average Bonchev–Trinajstić information content (AvgIpc) is 3.34. The van der Waals surface area contributed by atoms with Gasteiger partial charge in [0, 0.05) is 0 Å². The van der Waals surface area contributed by atoms with E-state index in [1.807, 2.05) is 61.5 Å². The van der Waals surface area contributed by atoms with E-state index in [1.54, 1.807) is 0 Å². The fourth-order valence-corrected chi connectivity index (χ4v) is 9.53. The molecule has 0 unspecified atom stereocenters. The predicted molar refractivity (Wildman–Crippen MR) is 151 cm³/mol. The number of nitrogens with one attached hydrogen (secondary N) is 1. The Morgan fingerprint density at radius 3 is 1.92 bits per heavy atom. The molecule has 6 heteroatoms. The molecule has 3 aromatic carbocycles. The van der Waals surface area contributed by atoms with Crippen molar-refractivity contribution in [2.75, 3.05) is 6.61 Å². The summed E-state index contributed by atoms with van der Waals surface area (Å²) in [4.78, 5) is 12.9. The van der Waals surface area contributed by atoms with Crippen molar-refractivity contribution in [2.24, 2.45) is 0 Å². The zero-order valence-corrected chi connectivity index (χ0v) is 23.1. The first kappa shape index (κ1) is 26.9. The van der Waals surface area contributed by atoms with Crippen molar-refractivity contribution in [1.82, 2.24) is 5.32 Å². The average molecular weight is 516 g/mol. The number of hydrogen-bond donors (Lipinski definition) is 1. The van der Waals surface area contributed by atoms with Gasteiger partial charge in [0.2, 0.25) is 0 Å². The van der Waals surface area contributed by atoms with Crippen LogP contribution in [-0.4, -0.2) is 39.3 Å². The van der Waals surface area contributed by atoms with Gasteiger partial charge < -0.3 is 19.2 Å². The highest BCUT2D eigenvalue weighted by atomic mass is 28.4. The van der Waals surface area contributed by atoms with Crippen molar-refractivity contribution in [3.05, 3.63) is 109 Å². The maximum Gasteiger partial charge on any atom is 0.407 e. The fourth-order valence-electron chi connectivity index (χ4n) is 4.94. The number of benzene rings is 3. The Balaban J connectivity index is 1.60. The minimum Gasteiger partial charge on any atom is -0.445 e. The lowest BCUT2D eigenvalue weighted by molar-refractivity contribution is 0.0309. The maximum atomic E-state index is 12.9. The quantitative estimate of drug-likeness (QED) is 0.314. The Hall–Kier alpha value is -3.19. The molecule has 0 saturated heterocycles. The number of amides is 1. The normalized spacial score (nSPS) is 18.4. The van der Waals surface area contributed by atoms with Crippen LogP contribution in [0.25, 0.3) is 0 Å². The zero-order chi connectivity index (χ0) is 26.3. The summed E-state index contributed by atoms with van der Waals surface area (Å²) in [6.45, 7) is 9.20. The molecule has 0 spiro atoms. The summed E-state index contributed by atoms with van der Waals surface area (Å²) < 4.78 is 18.7. The first-order valence-corrected chi connectivity index (χ1v) is 14.8. The van der Waals surface area contributed by atoms with Gasteiger partial charge in [0.1, 0.15) is 6.61 Å². The van der Waals surface area contributed by atoms with E-state index < -0.39 is 20.5 Å². The summed E-state index contributed by atoms with van der Waals surface area (Å²) in [7, 11) is -2.77. The summed E-state index contributed by atoms with van der Waals surface area (Å²) in [5.41, 5.74) is 0.934. The van der Waals surface area contributed by atoms with Crippen molar-refractivity contribution >= 4 is 24.8 Å². The first-order valence-electron chi connectivity index (χ1n) is 12.9. The summed E-state index contributed by atoms with van der Waals surface area (Å²) in [6.07, 6.45) is 3.19. The molecular formula is C31H37NO4Si. The predicted octanol–water partition coefficient (Wildman–Crippen LogP) is 5.20. The molecule has 0 aliphatic carbocycles. The number of hydrogen-bond acceptors (Lipinski definition) is 4. The highest BCUT2D eigenvalue weighted by Gasteiger charge is 2.50. The molecule has 3 atom stereocenters. The van der Waals surface area contributed by atoms with Crippen molar-refractivity contribution < 1.29 is 18.7 Å². The second-order valence-corrected chi connectivity index (χ2v) is 14.8. The van der Waals surface area contributed by atoms with Gasteiger partial charge in [0.25, 0.3) is 8.32 Å². The van der Waals surface area contributed by atoms with Crippen LogP contribution in [-0.2, 0) is 20.5 Å². The molecule has 0 radical (unpaired) electrons. The molecule has 194 valence electrons. The van der Waals surface area contributed by atoms with Crippen molar-refractivity contribution in [2.45, 2.75) is 57.6 Å². The lowest BCUT2D eigenvalue weighted by Gasteiger charge is -2.44. The van der Waals surface area contributed by atoms with Crippen LogP contribution in [0, 0.1) is 0 Å². The van der Waals surface area contributed by atoms with Crippen LogP contribution in [0.1, 0.15) is 33.3 Å². The molecule has 0 saturated carbocycles. The van der Waals surface area contributed by atoms with Gasteiger partial charge in [-0.2, -0.15) is 0 Å². The highest BCUT2D eigenvalue weighted by molar-refractivity contribution is 6.99. The third-order valence-electron chi connectivity index (χ3n) is 6.75. The maximum absolute atomic E-state index is 12.9. The van der Waals surface area contributed by atoms with Crippen LogP contribution in [0.2, 0.25) is 5.04 Å². The van der Waals surface area contributed by atoms with Crippen LogP contribution in [0.15, 0.2) is 103 Å². The van der Waals surface area contributed by atoms with E-state index >= 15 is 0 Å². The third-order valence-corrected chi connectivity index (χ3v) is 11.8. The molecule has 1 amide bonds. The molecule has 0 bridgehead atoms. The monoisotopic (exact) mass is 515 g/mol. The molecule has 1 N–H and O–H groups in total. The molecular weight excluding hydrogens is 478 g/mol. The fraction of sp³-hybridized carbons (Fsp3) is 0.323. The Morgan fingerprint density at radius 2 is 1.43 bits per heavy atom. The van der Waals surface area contributed by atoms with E-state index in [9.17, 15) is 4.79 Å². The summed E-state index contributed by atoms with van der Waals surface area (Å²) in [5, 5.41) is 5.24. The summed E-state index contributed by atoms with van der Waals surface area (Å²) in [5.74, 6) is 0. The van der Waals surface area contributed by atoms with Gasteiger partial charge >= 0.3 is 6.09 Å². The van der Waals surface area contributed by atoms with Crippen molar-refractivity contribution in [3.8, 4) is 0 Å². The Labute approximate surface area is 221 Å². The minimum absolute atomic E-state index is 0.0255. The molecule has 3 aromatic rings. The Kier molecular flexibility index (Phi) is 8.64. The summed E-state index contributed by atoms with van der Waals surface area (Å²) >= 11 is 0. The number of carbonyl (C=O) groups excluding carboxylic acids is 1. The van der Waals surface area contributed by atoms with Crippen LogP contribution < -0.4 is 15.7 Å². The molecule has 0 fully saturated rings. The van der Waals surface area contributed by atoms with Gasteiger partial charge in [-0.1, -0.05) is 124 Å². The third kappa shape index (κ3) is 6.39. The van der Waals surface area contributed by atoms with Crippen molar-refractivity contribution in [1.29, 1.82) is 0 Å². The van der Waals surface area contributed by atoms with Gasteiger partial charge in [-0.15, -0.1) is 0 Å². The minimum atomic E-state index is -2.77. The van der Waals surface area contributed by atoms with Crippen LogP contribution >= 0.6 is 0 Å². The van der Waals surface area contributed by atoms with Crippen LogP contribution in [0.4, 0.5) is 4.79 Å². The summed E-state index contributed by atoms with van der Waals surface area (Å²) in [6, 6.07) is 30.2. The second-order valence-electron chi connectivity index (χ2n) is 10.5. The molecule has 1 aliphatic rings. The lowest BCUT2D eigenvalue weighted by atomic mass is 10.2. The standard InChI is InChI=1S/C31H37NO4Si/c1-24-20-21-29(36-24)28(32-30(33)34-22-25-14-8-5-9-15-25)23-35-37(31(2,3)4,26-16-10-6-11-17-26)27-18-12-7-13-19-27/h5-21,24,28-29H,22-23H2,1-4H3,(H,32,33)/t24-,28+,29+/m0/s1. The molecule has 5 nitrogen and oxygen atoms in total. The Morgan fingerprint density at radius 1 is 0.892 bits per heavy atom. The van der Waals surface area contributed by atoms with Gasteiger partial charge in [-0.05, 0) is 27.9 Å². The number of carbonyl (C=O) groups is 1. The molecule has 1 aliphatic heterocycles. The van der Waals surface area contributed by atoms with E-state index in [0.717, 1.165) is 5.56 Å². The first-order chi connectivity index (χ1) is 17.8. The largest absolute Gasteiger partial charge is 0.445 e. The number of ether oxygens (including phenoxy) is 2. The van der Waals surface area contributed by atoms with E-state index in [1.165, 1.54) is 10.4 Å². The van der Waals surface area contributed by atoms with Gasteiger partial charge in [0.05, 0.1) is 24.9 Å². The SMILES string of the molecule is C[C@H]1C=C[C@H]([C@@H](CO[Si](c2ccccc2)(c2ccccc2)C(C)(C)C)NC(=O)OCc2ccccc2)O1. The zero-order valence-electron chi connectivity index (χ0n) is 22.1. The van der Waals surface area contributed by atoms with Crippen LogP contribution in [0.3, 0.4) is 0 Å². The highest BCUT2D eigenvalue weighted by Crippen LogP contribution is 2.37. The van der Waals surface area contributed by atoms with Crippen molar-refractivity contribution in [3.63, 3.8) is 0 Å². The number of rotatable bonds is 9. The van der Waals surface area contributed by atoms with E-state index in [4.69, 9.17) is 13.9 Å². The van der Waals surface area contributed by atoms with Gasteiger partial charge in [-0.3, -0.25) is 0 Å². The van der Waals surface area contributed by atoms with E-state index in [0.29, 0.717) is 0 Å². The van der Waals surface area contributed by atoms with Crippen LogP contribution in [0.5, 0.6) is 0 Å². The lowest BCUT2D eigenvalue weighted by Crippen LogP contribution is -2.67. The molecule has 4 rings (SSSR count). The second kappa shape index (κ2) is 11.9. The molecule has 37 heavy (non-hydrogen) atoms. The smallest absolute Gasteiger partial charge is 0.407 e. The topological polar surface area (TPSA) is 56.8 Å². The van der Waals surface area contributed by atoms with Gasteiger partial charge in [-0.25, -0.2) is 4.79 Å². The van der Waals surface area contributed by atoms with E-state index in [-0.39, 0.29) is 30.5 Å². The molecule has 0 aromatic heterocycles. The van der Waals surface area contributed by atoms with Gasteiger partial charge in [0.15, 0.2) is 0 Å². The van der Waals surface area contributed by atoms with E-state index in [2.05, 4.69) is 74.6 Å². The Bertz CT molecular complexity index is 1120.